The lowest BCUT2D eigenvalue weighted by Crippen LogP contribution is -2.13. The molecule has 2 aromatic heterocycles. The molecule has 0 amide bonds. The van der Waals surface area contributed by atoms with Crippen molar-refractivity contribution >= 4 is 11.9 Å². The smallest absolute Gasteiger partial charge is 0.362 e. The second-order valence-electron chi connectivity index (χ2n) is 2.84. The Labute approximate surface area is 85.1 Å². The second kappa shape index (κ2) is 3.83. The van der Waals surface area contributed by atoms with Crippen LogP contribution in [0.15, 0.2) is 36.7 Å². The average Bonchev–Trinajstić information content (AvgIpc) is 2.91. The third kappa shape index (κ3) is 1.96. The van der Waals surface area contributed by atoms with Gasteiger partial charge in [-0.1, -0.05) is 0 Å². The summed E-state index contributed by atoms with van der Waals surface area (Å²) < 4.78 is 4.60. The summed E-state index contributed by atoms with van der Waals surface area (Å²) in [7, 11) is 0. The summed E-state index contributed by atoms with van der Waals surface area (Å²) in [5, 5.41) is 0. The van der Waals surface area contributed by atoms with Gasteiger partial charge in [0.25, 0.3) is 0 Å². The van der Waals surface area contributed by atoms with E-state index in [4.69, 9.17) is 0 Å². The maximum absolute atomic E-state index is 11.3. The second-order valence-corrected chi connectivity index (χ2v) is 2.84. The van der Waals surface area contributed by atoms with Crippen molar-refractivity contribution in [1.82, 2.24) is 9.97 Å². The summed E-state index contributed by atoms with van der Waals surface area (Å²) in [6.45, 7) is 0. The number of H-pyrrole nitrogens is 2. The van der Waals surface area contributed by atoms with Gasteiger partial charge in [-0.3, -0.25) is 0 Å². The highest BCUT2D eigenvalue weighted by atomic mass is 16.6. The molecule has 0 aliphatic carbocycles. The van der Waals surface area contributed by atoms with E-state index in [1.807, 2.05) is 0 Å². The Bertz CT molecular complexity index is 413. The fourth-order valence-corrected chi connectivity index (χ4v) is 1.11. The minimum Gasteiger partial charge on any atom is -0.384 e. The van der Waals surface area contributed by atoms with E-state index in [-0.39, 0.29) is 11.4 Å². The molecule has 5 nitrogen and oxygen atoms in total. The number of rotatable bonds is 2. The zero-order chi connectivity index (χ0) is 10.7. The Morgan fingerprint density at radius 1 is 0.933 bits per heavy atom. The van der Waals surface area contributed by atoms with Gasteiger partial charge in [0.15, 0.2) is 0 Å². The normalized spacial score (nSPS) is 9.87. The van der Waals surface area contributed by atoms with Gasteiger partial charge < -0.3 is 14.7 Å². The van der Waals surface area contributed by atoms with Crippen LogP contribution in [0.5, 0.6) is 0 Å². The molecule has 15 heavy (non-hydrogen) atoms. The van der Waals surface area contributed by atoms with Gasteiger partial charge in [-0.15, -0.1) is 0 Å². The fourth-order valence-electron chi connectivity index (χ4n) is 1.11. The maximum Gasteiger partial charge on any atom is 0.362 e. The molecule has 0 radical (unpaired) electrons. The van der Waals surface area contributed by atoms with E-state index in [9.17, 15) is 9.59 Å². The first-order valence-corrected chi connectivity index (χ1v) is 4.30. The third-order valence-corrected chi connectivity index (χ3v) is 1.82. The Hall–Kier alpha value is -2.30. The van der Waals surface area contributed by atoms with Crippen LogP contribution in [-0.2, 0) is 4.74 Å². The zero-order valence-electron chi connectivity index (χ0n) is 7.69. The quantitative estimate of drug-likeness (QED) is 0.572. The SMILES string of the molecule is O=C(OC(=O)c1ccc[nH]1)c1ccc[nH]1. The van der Waals surface area contributed by atoms with Crippen molar-refractivity contribution in [2.75, 3.05) is 0 Å². The van der Waals surface area contributed by atoms with E-state index >= 15 is 0 Å². The van der Waals surface area contributed by atoms with Crippen LogP contribution in [0.1, 0.15) is 21.0 Å². The zero-order valence-corrected chi connectivity index (χ0v) is 7.69. The Balaban J connectivity index is 2.04. The molecule has 0 bridgehead atoms. The van der Waals surface area contributed by atoms with Crippen molar-refractivity contribution in [2.24, 2.45) is 0 Å². The number of aromatic amines is 2. The summed E-state index contributed by atoms with van der Waals surface area (Å²) in [6, 6.07) is 6.36. The van der Waals surface area contributed by atoms with Crippen LogP contribution < -0.4 is 0 Å². The van der Waals surface area contributed by atoms with Gasteiger partial charge in [-0.25, -0.2) is 9.59 Å². The number of ether oxygens (including phenoxy) is 1. The molecular formula is C10H8N2O3. The number of aromatic nitrogens is 2. The predicted octanol–water partition coefficient (Wildman–Crippen LogP) is 1.34. The molecule has 2 rings (SSSR count). The molecule has 0 saturated carbocycles. The van der Waals surface area contributed by atoms with Gasteiger partial charge >= 0.3 is 11.9 Å². The van der Waals surface area contributed by atoms with E-state index in [0.29, 0.717) is 0 Å². The largest absolute Gasteiger partial charge is 0.384 e. The minimum absolute atomic E-state index is 0.245. The van der Waals surface area contributed by atoms with Gasteiger partial charge in [0, 0.05) is 12.4 Å². The molecule has 0 atom stereocenters. The Morgan fingerprint density at radius 3 is 1.73 bits per heavy atom. The first-order valence-electron chi connectivity index (χ1n) is 4.30. The number of hydrogen-bond donors (Lipinski definition) is 2. The molecule has 0 aliphatic rings. The molecule has 0 unspecified atom stereocenters. The van der Waals surface area contributed by atoms with E-state index in [1.165, 1.54) is 12.1 Å². The van der Waals surface area contributed by atoms with E-state index in [0.717, 1.165) is 0 Å². The van der Waals surface area contributed by atoms with Crippen molar-refractivity contribution in [3.63, 3.8) is 0 Å². The number of esters is 2. The van der Waals surface area contributed by atoms with Crippen molar-refractivity contribution in [3.8, 4) is 0 Å². The van der Waals surface area contributed by atoms with Crippen molar-refractivity contribution in [3.05, 3.63) is 48.0 Å². The molecule has 0 aliphatic heterocycles. The molecule has 0 spiro atoms. The van der Waals surface area contributed by atoms with Crippen molar-refractivity contribution < 1.29 is 14.3 Å². The Morgan fingerprint density at radius 2 is 1.40 bits per heavy atom. The lowest BCUT2D eigenvalue weighted by molar-refractivity contribution is 0.0390. The fraction of sp³-hybridized carbons (Fsp3) is 0. The van der Waals surface area contributed by atoms with Crippen LogP contribution in [-0.4, -0.2) is 21.9 Å². The van der Waals surface area contributed by atoms with Gasteiger partial charge in [0.2, 0.25) is 0 Å². The lowest BCUT2D eigenvalue weighted by atomic mass is 10.4. The van der Waals surface area contributed by atoms with E-state index in [1.54, 1.807) is 24.5 Å². The van der Waals surface area contributed by atoms with Crippen LogP contribution in [0.25, 0.3) is 0 Å². The minimum atomic E-state index is -0.695. The first-order chi connectivity index (χ1) is 7.27. The summed E-state index contributed by atoms with van der Waals surface area (Å²) >= 11 is 0. The van der Waals surface area contributed by atoms with Gasteiger partial charge in [0.1, 0.15) is 11.4 Å². The molecule has 0 fully saturated rings. The van der Waals surface area contributed by atoms with Gasteiger partial charge in [-0.2, -0.15) is 0 Å². The molecule has 2 aromatic rings. The van der Waals surface area contributed by atoms with Crippen molar-refractivity contribution in [2.45, 2.75) is 0 Å². The highest BCUT2D eigenvalue weighted by Crippen LogP contribution is 2.02. The molecule has 76 valence electrons. The molecule has 2 N–H and O–H groups in total. The summed E-state index contributed by atoms with van der Waals surface area (Å²) in [6.07, 6.45) is 3.16. The molecule has 2 heterocycles. The predicted molar refractivity (Wildman–Crippen MR) is 51.3 cm³/mol. The third-order valence-electron chi connectivity index (χ3n) is 1.82. The van der Waals surface area contributed by atoms with Crippen LogP contribution >= 0.6 is 0 Å². The van der Waals surface area contributed by atoms with Crippen LogP contribution in [0, 0.1) is 0 Å². The van der Waals surface area contributed by atoms with Gasteiger partial charge in [-0.05, 0) is 24.3 Å². The van der Waals surface area contributed by atoms with Crippen LogP contribution in [0.4, 0.5) is 0 Å². The maximum atomic E-state index is 11.3. The molecular weight excluding hydrogens is 196 g/mol. The van der Waals surface area contributed by atoms with Crippen LogP contribution in [0.3, 0.4) is 0 Å². The summed E-state index contributed by atoms with van der Waals surface area (Å²) in [5.41, 5.74) is 0.491. The number of carbonyl (C=O) groups excluding carboxylic acids is 2. The lowest BCUT2D eigenvalue weighted by Gasteiger charge is -1.98. The molecule has 0 saturated heterocycles. The number of hydrogen-bond acceptors (Lipinski definition) is 3. The van der Waals surface area contributed by atoms with Crippen molar-refractivity contribution in [1.29, 1.82) is 0 Å². The Kier molecular flexibility index (Phi) is 2.37. The molecule has 0 aromatic carbocycles. The topological polar surface area (TPSA) is 75.0 Å². The van der Waals surface area contributed by atoms with Gasteiger partial charge in [0.05, 0.1) is 0 Å². The highest BCUT2D eigenvalue weighted by Gasteiger charge is 2.15. The summed E-state index contributed by atoms with van der Waals surface area (Å²) in [4.78, 5) is 27.9. The summed E-state index contributed by atoms with van der Waals surface area (Å²) in [5.74, 6) is -1.39. The monoisotopic (exact) mass is 204 g/mol. The van der Waals surface area contributed by atoms with Crippen LogP contribution in [0.2, 0.25) is 0 Å². The molecule has 5 heteroatoms. The first kappa shape index (κ1) is 9.26. The highest BCUT2D eigenvalue weighted by molar-refractivity contribution is 6.00. The van der Waals surface area contributed by atoms with E-state index < -0.39 is 11.9 Å². The average molecular weight is 204 g/mol. The number of nitrogens with one attached hydrogen (secondary N) is 2. The van der Waals surface area contributed by atoms with E-state index in [2.05, 4.69) is 14.7 Å². The number of carbonyl (C=O) groups is 2. The standard InChI is InChI=1S/C10H8N2O3/c13-9(7-3-1-5-11-7)15-10(14)8-4-2-6-12-8/h1-6,11-12H.